The van der Waals surface area contributed by atoms with Gasteiger partial charge in [-0.2, -0.15) is 0 Å². The van der Waals surface area contributed by atoms with Crippen molar-refractivity contribution in [2.45, 2.75) is 58.7 Å². The van der Waals surface area contributed by atoms with E-state index in [4.69, 9.17) is 13.9 Å². The molecular weight excluding hydrogens is 380 g/mol. The molecule has 0 radical (unpaired) electrons. The summed E-state index contributed by atoms with van der Waals surface area (Å²) in [5.41, 5.74) is 2.66. The van der Waals surface area contributed by atoms with Gasteiger partial charge in [-0.3, -0.25) is 0 Å². The van der Waals surface area contributed by atoms with Crippen LogP contribution in [0.1, 0.15) is 37.5 Å². The quantitative estimate of drug-likeness (QED) is 0.413. The second kappa shape index (κ2) is 8.80. The van der Waals surface area contributed by atoms with Crippen LogP contribution in [0.15, 0.2) is 24.8 Å². The predicted molar refractivity (Wildman–Crippen MR) is 124 cm³/mol. The van der Waals surface area contributed by atoms with Gasteiger partial charge >= 0.3 is 0 Å². The molecule has 0 saturated carbocycles. The predicted octanol–water partition coefficient (Wildman–Crippen LogP) is 6.16. The first-order valence-electron chi connectivity index (χ1n) is 10.1. The van der Waals surface area contributed by atoms with Gasteiger partial charge in [0.25, 0.3) is 0 Å². The maximum atomic E-state index is 11.0. The monoisotopic (exact) mass is 416 g/mol. The van der Waals surface area contributed by atoms with E-state index in [2.05, 4.69) is 40.4 Å². The molecule has 0 aliphatic carbocycles. The fourth-order valence-electron chi connectivity index (χ4n) is 3.36. The van der Waals surface area contributed by atoms with Gasteiger partial charge in [0.05, 0.1) is 14.2 Å². The SMILES string of the molecule is C=CCc1c(O)c(CCO[Si](C)(C)C(C)(C)C)cc2c(OC)c(C)c(OC)cc12. The molecule has 0 bridgehead atoms. The molecule has 160 valence electrons. The van der Waals surface area contributed by atoms with Crippen LogP contribution >= 0.6 is 0 Å². The lowest BCUT2D eigenvalue weighted by molar-refractivity contribution is 0.290. The Morgan fingerprint density at radius 3 is 2.28 bits per heavy atom. The summed E-state index contributed by atoms with van der Waals surface area (Å²) in [5.74, 6) is 1.83. The fraction of sp³-hybridized carbons (Fsp3) is 0.500. The minimum atomic E-state index is -1.84. The number of ether oxygens (including phenoxy) is 2. The summed E-state index contributed by atoms with van der Waals surface area (Å²) < 4.78 is 17.6. The molecule has 4 nitrogen and oxygen atoms in total. The first kappa shape index (κ1) is 23.3. The van der Waals surface area contributed by atoms with Crippen molar-refractivity contribution in [1.82, 2.24) is 0 Å². The second-order valence-electron chi connectivity index (χ2n) is 9.05. The largest absolute Gasteiger partial charge is 0.507 e. The van der Waals surface area contributed by atoms with Gasteiger partial charge in [0.1, 0.15) is 17.2 Å². The molecule has 0 fully saturated rings. The van der Waals surface area contributed by atoms with Crippen molar-refractivity contribution in [2.24, 2.45) is 0 Å². The van der Waals surface area contributed by atoms with Crippen LogP contribution in [0, 0.1) is 6.92 Å². The summed E-state index contributed by atoms with van der Waals surface area (Å²) in [7, 11) is 1.48. The van der Waals surface area contributed by atoms with E-state index >= 15 is 0 Å². The lowest BCUT2D eigenvalue weighted by Gasteiger charge is -2.36. The van der Waals surface area contributed by atoms with Crippen molar-refractivity contribution < 1.29 is 19.0 Å². The molecule has 0 amide bonds. The molecule has 0 aliphatic heterocycles. The first-order valence-corrected chi connectivity index (χ1v) is 13.0. The highest BCUT2D eigenvalue weighted by Gasteiger charge is 2.37. The first-order chi connectivity index (χ1) is 13.5. The van der Waals surface area contributed by atoms with Crippen LogP contribution in [-0.2, 0) is 17.3 Å². The Morgan fingerprint density at radius 2 is 1.76 bits per heavy atom. The zero-order valence-electron chi connectivity index (χ0n) is 19.2. The van der Waals surface area contributed by atoms with Gasteiger partial charge < -0.3 is 19.0 Å². The Kier molecular flexibility index (Phi) is 7.07. The molecule has 0 spiro atoms. The number of fused-ring (bicyclic) bond motifs is 1. The maximum Gasteiger partial charge on any atom is 0.191 e. The van der Waals surface area contributed by atoms with Crippen molar-refractivity contribution in [3.8, 4) is 17.2 Å². The molecule has 0 aromatic heterocycles. The van der Waals surface area contributed by atoms with Gasteiger partial charge in [-0.25, -0.2) is 0 Å². The Hall–Kier alpha value is -1.98. The van der Waals surface area contributed by atoms with E-state index in [1.165, 1.54) is 0 Å². The highest BCUT2D eigenvalue weighted by atomic mass is 28.4. The molecule has 0 unspecified atom stereocenters. The number of benzene rings is 2. The van der Waals surface area contributed by atoms with Crippen LogP contribution < -0.4 is 9.47 Å². The molecule has 2 rings (SSSR count). The Bertz CT molecular complexity index is 894. The summed E-state index contributed by atoms with van der Waals surface area (Å²) in [6.07, 6.45) is 3.02. The zero-order chi connectivity index (χ0) is 22.0. The van der Waals surface area contributed by atoms with E-state index in [9.17, 15) is 5.11 Å². The molecule has 2 aromatic carbocycles. The highest BCUT2D eigenvalue weighted by Crippen LogP contribution is 2.42. The lowest BCUT2D eigenvalue weighted by atomic mass is 9.93. The Labute approximate surface area is 176 Å². The molecule has 0 heterocycles. The van der Waals surface area contributed by atoms with Crippen LogP contribution in [0.3, 0.4) is 0 Å². The number of phenols is 1. The van der Waals surface area contributed by atoms with E-state index in [1.807, 2.05) is 25.1 Å². The van der Waals surface area contributed by atoms with Crippen LogP contribution in [-0.4, -0.2) is 34.3 Å². The van der Waals surface area contributed by atoms with Gasteiger partial charge in [0.15, 0.2) is 8.32 Å². The molecule has 29 heavy (non-hydrogen) atoms. The van der Waals surface area contributed by atoms with Gasteiger partial charge in [-0.05, 0) is 61.0 Å². The fourth-order valence-corrected chi connectivity index (χ4v) is 4.40. The van der Waals surface area contributed by atoms with Crippen LogP contribution in [0.25, 0.3) is 10.8 Å². The van der Waals surface area contributed by atoms with Crippen molar-refractivity contribution in [3.05, 3.63) is 41.5 Å². The molecular formula is C24H36O4Si. The van der Waals surface area contributed by atoms with E-state index in [-0.39, 0.29) is 5.04 Å². The van der Waals surface area contributed by atoms with Crippen molar-refractivity contribution in [1.29, 1.82) is 0 Å². The topological polar surface area (TPSA) is 47.9 Å². The third kappa shape index (κ3) is 4.62. The van der Waals surface area contributed by atoms with Crippen LogP contribution in [0.2, 0.25) is 18.1 Å². The maximum absolute atomic E-state index is 11.0. The summed E-state index contributed by atoms with van der Waals surface area (Å²) in [6, 6.07) is 4.00. The number of hydrogen-bond donors (Lipinski definition) is 1. The number of phenolic OH excluding ortho intramolecular Hbond substituents is 1. The standard InChI is InChI=1S/C24H36O4Si/c1-10-11-18-19-15-21(26-6)16(2)23(27-7)20(19)14-17(22(18)25)12-13-28-29(8,9)24(3,4)5/h10,14-15,25H,1,11-13H2,2-9H3. The average molecular weight is 417 g/mol. The van der Waals surface area contributed by atoms with E-state index in [0.29, 0.717) is 25.2 Å². The Morgan fingerprint density at radius 1 is 1.10 bits per heavy atom. The van der Waals surface area contributed by atoms with Crippen molar-refractivity contribution in [2.75, 3.05) is 20.8 Å². The number of hydrogen-bond acceptors (Lipinski definition) is 4. The number of aromatic hydroxyl groups is 1. The molecule has 2 aromatic rings. The zero-order valence-corrected chi connectivity index (χ0v) is 20.2. The van der Waals surface area contributed by atoms with Gasteiger partial charge in [0.2, 0.25) is 0 Å². The minimum Gasteiger partial charge on any atom is -0.507 e. The molecule has 0 saturated heterocycles. The second-order valence-corrected chi connectivity index (χ2v) is 13.9. The lowest BCUT2D eigenvalue weighted by Crippen LogP contribution is -2.41. The summed E-state index contributed by atoms with van der Waals surface area (Å²) in [4.78, 5) is 0. The molecule has 0 atom stereocenters. The smallest absolute Gasteiger partial charge is 0.191 e. The Balaban J connectivity index is 2.54. The van der Waals surface area contributed by atoms with E-state index in [0.717, 1.165) is 39.0 Å². The van der Waals surface area contributed by atoms with Gasteiger partial charge in [0, 0.05) is 23.1 Å². The third-order valence-electron chi connectivity index (χ3n) is 6.17. The van der Waals surface area contributed by atoms with Crippen LogP contribution in [0.5, 0.6) is 17.2 Å². The van der Waals surface area contributed by atoms with Gasteiger partial charge in [-0.1, -0.05) is 26.8 Å². The highest BCUT2D eigenvalue weighted by molar-refractivity contribution is 6.74. The number of methoxy groups -OCH3 is 2. The van der Waals surface area contributed by atoms with Gasteiger partial charge in [-0.15, -0.1) is 6.58 Å². The van der Waals surface area contributed by atoms with Crippen molar-refractivity contribution >= 4 is 19.1 Å². The molecule has 5 heteroatoms. The molecule has 1 N–H and O–H groups in total. The summed E-state index contributed by atoms with van der Waals surface area (Å²) >= 11 is 0. The number of rotatable bonds is 8. The summed E-state index contributed by atoms with van der Waals surface area (Å²) in [5, 5.41) is 13.1. The number of allylic oxidation sites excluding steroid dienone is 1. The third-order valence-corrected chi connectivity index (χ3v) is 10.7. The summed E-state index contributed by atoms with van der Waals surface area (Å²) in [6.45, 7) is 17.6. The average Bonchev–Trinajstić information content (AvgIpc) is 2.63. The minimum absolute atomic E-state index is 0.156. The van der Waals surface area contributed by atoms with E-state index in [1.54, 1.807) is 14.2 Å². The van der Waals surface area contributed by atoms with E-state index < -0.39 is 8.32 Å². The van der Waals surface area contributed by atoms with Crippen LogP contribution in [0.4, 0.5) is 0 Å². The normalized spacial score (nSPS) is 12.3. The molecule has 0 aliphatic rings. The van der Waals surface area contributed by atoms with Crippen molar-refractivity contribution in [3.63, 3.8) is 0 Å².